The molecule has 21 heavy (non-hydrogen) atoms. The lowest BCUT2D eigenvalue weighted by Crippen LogP contribution is -2.46. The third-order valence-electron chi connectivity index (χ3n) is 4.25. The Morgan fingerprint density at radius 1 is 1.14 bits per heavy atom. The van der Waals surface area contributed by atoms with E-state index in [1.165, 1.54) is 0 Å². The summed E-state index contributed by atoms with van der Waals surface area (Å²) in [5, 5.41) is 2.85. The third kappa shape index (κ3) is 4.18. The van der Waals surface area contributed by atoms with Gasteiger partial charge in [-0.25, -0.2) is 8.42 Å². The van der Waals surface area contributed by atoms with Gasteiger partial charge in [-0.3, -0.25) is 9.59 Å². The zero-order chi connectivity index (χ0) is 15.6. The summed E-state index contributed by atoms with van der Waals surface area (Å²) in [4.78, 5) is 25.9. The Hall–Kier alpha value is -1.11. The molecule has 2 aliphatic rings. The number of carbonyl (C=O) groups is 2. The van der Waals surface area contributed by atoms with Crippen LogP contribution in [0.15, 0.2) is 0 Å². The van der Waals surface area contributed by atoms with Crippen LogP contribution in [0.4, 0.5) is 0 Å². The van der Waals surface area contributed by atoms with Crippen LogP contribution in [-0.4, -0.2) is 55.8 Å². The number of nitrogens with zero attached hydrogens (tertiary/aromatic N) is 1. The summed E-state index contributed by atoms with van der Waals surface area (Å²) in [6.45, 7) is 4.97. The molecule has 1 atom stereocenters. The third-order valence-corrected chi connectivity index (χ3v) is 6.02. The molecule has 2 rings (SSSR count). The van der Waals surface area contributed by atoms with Crippen LogP contribution in [0.25, 0.3) is 0 Å². The van der Waals surface area contributed by atoms with Crippen molar-refractivity contribution in [3.63, 3.8) is 0 Å². The normalized spacial score (nSPS) is 26.0. The summed E-state index contributed by atoms with van der Waals surface area (Å²) in [6.07, 6.45) is 1.83. The van der Waals surface area contributed by atoms with Crippen LogP contribution in [-0.2, 0) is 19.4 Å². The molecule has 0 aliphatic carbocycles. The average Bonchev–Trinajstić information content (AvgIpc) is 2.77. The van der Waals surface area contributed by atoms with Crippen LogP contribution in [0.3, 0.4) is 0 Å². The molecule has 120 valence electrons. The van der Waals surface area contributed by atoms with Crippen molar-refractivity contribution in [3.05, 3.63) is 0 Å². The number of amides is 2. The molecule has 0 saturated carbocycles. The van der Waals surface area contributed by atoms with Crippen molar-refractivity contribution in [3.8, 4) is 0 Å². The molecular formula is C14H24N2O4S. The summed E-state index contributed by atoms with van der Waals surface area (Å²) >= 11 is 0. The van der Waals surface area contributed by atoms with Crippen LogP contribution < -0.4 is 5.32 Å². The smallest absolute Gasteiger partial charge is 0.225 e. The molecule has 0 spiro atoms. The van der Waals surface area contributed by atoms with Crippen LogP contribution in [0.5, 0.6) is 0 Å². The highest BCUT2D eigenvalue weighted by molar-refractivity contribution is 7.91. The number of rotatable bonds is 3. The van der Waals surface area contributed by atoms with Gasteiger partial charge in [0, 0.05) is 31.0 Å². The van der Waals surface area contributed by atoms with E-state index in [4.69, 9.17) is 0 Å². The lowest BCUT2D eigenvalue weighted by Gasteiger charge is -2.32. The van der Waals surface area contributed by atoms with Crippen LogP contribution in [0.2, 0.25) is 0 Å². The number of likely N-dealkylation sites (tertiary alicyclic amines) is 1. The van der Waals surface area contributed by atoms with E-state index in [1.54, 1.807) is 0 Å². The zero-order valence-electron chi connectivity index (χ0n) is 12.7. The molecule has 0 radical (unpaired) electrons. The molecule has 0 aromatic heterocycles. The van der Waals surface area contributed by atoms with Gasteiger partial charge < -0.3 is 10.2 Å². The lowest BCUT2D eigenvalue weighted by atomic mass is 9.94. The number of hydrogen-bond donors (Lipinski definition) is 1. The van der Waals surface area contributed by atoms with Crippen LogP contribution in [0.1, 0.15) is 33.1 Å². The van der Waals surface area contributed by atoms with Gasteiger partial charge in [-0.1, -0.05) is 13.8 Å². The minimum Gasteiger partial charge on any atom is -0.352 e. The van der Waals surface area contributed by atoms with E-state index in [-0.39, 0.29) is 41.2 Å². The summed E-state index contributed by atoms with van der Waals surface area (Å²) in [7, 11) is -2.97. The molecule has 2 fully saturated rings. The summed E-state index contributed by atoms with van der Waals surface area (Å²) in [6, 6.07) is -0.238. The fourth-order valence-corrected chi connectivity index (χ4v) is 4.63. The second-order valence-corrected chi connectivity index (χ2v) is 8.59. The van der Waals surface area contributed by atoms with Crippen LogP contribution >= 0.6 is 0 Å². The Morgan fingerprint density at radius 3 is 2.24 bits per heavy atom. The maximum absolute atomic E-state index is 12.2. The van der Waals surface area contributed by atoms with Gasteiger partial charge in [-0.05, 0) is 19.3 Å². The zero-order valence-corrected chi connectivity index (χ0v) is 13.5. The first-order chi connectivity index (χ1) is 9.78. The first kappa shape index (κ1) is 16.3. The minimum absolute atomic E-state index is 0.0147. The number of carbonyl (C=O) groups excluding carboxylic acids is 2. The number of sulfone groups is 1. The van der Waals surface area contributed by atoms with E-state index in [9.17, 15) is 18.0 Å². The lowest BCUT2D eigenvalue weighted by molar-refractivity contribution is -0.138. The highest BCUT2D eigenvalue weighted by Crippen LogP contribution is 2.20. The average molecular weight is 316 g/mol. The highest BCUT2D eigenvalue weighted by atomic mass is 32.2. The van der Waals surface area contributed by atoms with Crippen molar-refractivity contribution in [2.45, 2.75) is 39.2 Å². The predicted octanol–water partition coefficient (Wildman–Crippen LogP) is 0.184. The molecule has 6 nitrogen and oxygen atoms in total. The fraction of sp³-hybridized carbons (Fsp3) is 0.857. The first-order valence-corrected chi connectivity index (χ1v) is 9.40. The van der Waals surface area contributed by atoms with Crippen molar-refractivity contribution in [1.29, 1.82) is 0 Å². The number of nitrogens with one attached hydrogen (secondary N) is 1. The standard InChI is InChI=1S/C14H24N2O4S/c1-10(2)14(18)16-6-3-11(4-7-16)13(17)15-12-5-8-21(19,20)9-12/h10-12H,3-9H2,1-2H3,(H,15,17). The monoisotopic (exact) mass is 316 g/mol. The molecule has 0 bridgehead atoms. The van der Waals surface area contributed by atoms with Gasteiger partial charge in [0.15, 0.2) is 9.84 Å². The maximum atomic E-state index is 12.2. The molecule has 2 amide bonds. The second-order valence-electron chi connectivity index (χ2n) is 6.36. The molecule has 2 aliphatic heterocycles. The Labute approximate surface area is 126 Å². The van der Waals surface area contributed by atoms with Crippen LogP contribution in [0, 0.1) is 11.8 Å². The topological polar surface area (TPSA) is 83.6 Å². The quantitative estimate of drug-likeness (QED) is 0.805. The Balaban J connectivity index is 1.80. The van der Waals surface area contributed by atoms with Gasteiger partial charge in [-0.15, -0.1) is 0 Å². The summed E-state index contributed by atoms with van der Waals surface area (Å²) in [5.74, 6) is 0.177. The van der Waals surface area contributed by atoms with Gasteiger partial charge in [0.2, 0.25) is 11.8 Å². The van der Waals surface area contributed by atoms with Gasteiger partial charge in [0.1, 0.15) is 0 Å². The fourth-order valence-electron chi connectivity index (χ4n) is 2.96. The largest absolute Gasteiger partial charge is 0.352 e. The second kappa shape index (κ2) is 6.34. The molecular weight excluding hydrogens is 292 g/mol. The molecule has 2 heterocycles. The predicted molar refractivity (Wildman–Crippen MR) is 79.3 cm³/mol. The summed E-state index contributed by atoms with van der Waals surface area (Å²) in [5.41, 5.74) is 0. The van der Waals surface area contributed by atoms with Crippen molar-refractivity contribution in [2.24, 2.45) is 11.8 Å². The number of hydrogen-bond acceptors (Lipinski definition) is 4. The first-order valence-electron chi connectivity index (χ1n) is 7.58. The van der Waals surface area contributed by atoms with E-state index >= 15 is 0 Å². The molecule has 0 aromatic rings. The van der Waals surface area contributed by atoms with E-state index < -0.39 is 9.84 Å². The SMILES string of the molecule is CC(C)C(=O)N1CCC(C(=O)NC2CCS(=O)(=O)C2)CC1. The molecule has 2 saturated heterocycles. The van der Waals surface area contributed by atoms with E-state index in [0.717, 1.165) is 0 Å². The Bertz CT molecular complexity index is 507. The Morgan fingerprint density at radius 2 is 1.76 bits per heavy atom. The van der Waals surface area contributed by atoms with Crippen molar-refractivity contribution in [1.82, 2.24) is 10.2 Å². The maximum Gasteiger partial charge on any atom is 0.225 e. The van der Waals surface area contributed by atoms with E-state index in [0.29, 0.717) is 32.4 Å². The Kier molecular flexibility index (Phi) is 4.91. The van der Waals surface area contributed by atoms with E-state index in [2.05, 4.69) is 5.32 Å². The summed E-state index contributed by atoms with van der Waals surface area (Å²) < 4.78 is 22.8. The number of piperidine rings is 1. The minimum atomic E-state index is -2.97. The van der Waals surface area contributed by atoms with Gasteiger partial charge in [0.05, 0.1) is 11.5 Å². The molecule has 0 aromatic carbocycles. The van der Waals surface area contributed by atoms with Gasteiger partial charge in [-0.2, -0.15) is 0 Å². The van der Waals surface area contributed by atoms with Gasteiger partial charge >= 0.3 is 0 Å². The highest BCUT2D eigenvalue weighted by Gasteiger charge is 2.32. The molecule has 1 unspecified atom stereocenters. The van der Waals surface area contributed by atoms with Crippen molar-refractivity contribution >= 4 is 21.7 Å². The van der Waals surface area contributed by atoms with Gasteiger partial charge in [0.25, 0.3) is 0 Å². The van der Waals surface area contributed by atoms with E-state index in [1.807, 2.05) is 18.7 Å². The molecule has 7 heteroatoms. The molecule has 1 N–H and O–H groups in total. The van der Waals surface area contributed by atoms with Crippen molar-refractivity contribution in [2.75, 3.05) is 24.6 Å². The van der Waals surface area contributed by atoms with Crippen molar-refractivity contribution < 1.29 is 18.0 Å².